The maximum atomic E-state index is 6.13. The molecule has 2 rings (SSSR count). The molecule has 2 heterocycles. The van der Waals surface area contributed by atoms with Crippen molar-refractivity contribution in [3.8, 4) is 0 Å². The van der Waals surface area contributed by atoms with Gasteiger partial charge in [-0.25, -0.2) is 4.98 Å². The summed E-state index contributed by atoms with van der Waals surface area (Å²) in [7, 11) is 0. The van der Waals surface area contributed by atoms with E-state index in [0.717, 1.165) is 17.8 Å². The zero-order valence-electron chi connectivity index (χ0n) is 9.59. The van der Waals surface area contributed by atoms with E-state index < -0.39 is 0 Å². The van der Waals surface area contributed by atoms with Gasteiger partial charge in [0, 0.05) is 24.0 Å². The average Bonchev–Trinajstić information content (AvgIpc) is 2.88. The first-order chi connectivity index (χ1) is 7.68. The third-order valence-electron chi connectivity index (χ3n) is 2.71. The fourth-order valence-corrected chi connectivity index (χ4v) is 1.64. The van der Waals surface area contributed by atoms with Gasteiger partial charge in [0.1, 0.15) is 0 Å². The minimum atomic E-state index is 0.0226. The third-order valence-corrected chi connectivity index (χ3v) is 2.71. The normalized spacial score (nSPS) is 13.2. The van der Waals surface area contributed by atoms with Crippen molar-refractivity contribution in [1.29, 1.82) is 0 Å². The molecule has 2 aromatic rings. The molecule has 5 nitrogen and oxygen atoms in total. The molecule has 2 aromatic heterocycles. The number of nitrogens with zero attached hydrogens (tertiary/aromatic N) is 3. The van der Waals surface area contributed by atoms with Crippen molar-refractivity contribution in [3.05, 3.63) is 36.2 Å². The van der Waals surface area contributed by atoms with Gasteiger partial charge in [0.2, 0.25) is 0 Å². The van der Waals surface area contributed by atoms with E-state index in [2.05, 4.69) is 33.6 Å². The number of rotatable bonds is 4. The van der Waals surface area contributed by atoms with Crippen molar-refractivity contribution >= 4 is 0 Å². The number of aromatic nitrogens is 4. The van der Waals surface area contributed by atoms with Crippen LogP contribution in [0.4, 0.5) is 0 Å². The fourth-order valence-electron chi connectivity index (χ4n) is 1.64. The summed E-state index contributed by atoms with van der Waals surface area (Å²) in [5.41, 5.74) is 8.31. The summed E-state index contributed by atoms with van der Waals surface area (Å²) in [5, 5.41) is 6.72. The molecule has 16 heavy (non-hydrogen) atoms. The van der Waals surface area contributed by atoms with Crippen molar-refractivity contribution < 1.29 is 0 Å². The molecule has 0 radical (unpaired) electrons. The lowest BCUT2D eigenvalue weighted by Gasteiger charge is -2.17. The van der Waals surface area contributed by atoms with Crippen molar-refractivity contribution in [2.75, 3.05) is 0 Å². The largest absolute Gasteiger partial charge is 0.329 e. The first kappa shape index (κ1) is 10.9. The maximum Gasteiger partial charge on any atom is 0.0951 e. The Morgan fingerprint density at radius 2 is 2.25 bits per heavy atom. The van der Waals surface area contributed by atoms with Gasteiger partial charge in [-0.15, -0.1) is 0 Å². The number of nitrogens with two attached hydrogens (primary N) is 1. The predicted octanol–water partition coefficient (Wildman–Crippen LogP) is 1.31. The Kier molecular flexibility index (Phi) is 3.05. The van der Waals surface area contributed by atoms with Gasteiger partial charge in [0.25, 0.3) is 0 Å². The lowest BCUT2D eigenvalue weighted by Crippen LogP contribution is -2.20. The molecule has 0 bridgehead atoms. The Bertz CT molecular complexity index is 429. The Morgan fingerprint density at radius 1 is 1.44 bits per heavy atom. The molecule has 1 unspecified atom stereocenters. The van der Waals surface area contributed by atoms with Crippen molar-refractivity contribution in [2.24, 2.45) is 11.7 Å². The second kappa shape index (κ2) is 4.49. The molecule has 0 aliphatic heterocycles. The van der Waals surface area contributed by atoms with Gasteiger partial charge in [-0.05, 0) is 5.92 Å². The van der Waals surface area contributed by atoms with Crippen LogP contribution in [-0.2, 0) is 6.54 Å². The quantitative estimate of drug-likeness (QED) is 0.814. The molecule has 3 N–H and O–H groups in total. The highest BCUT2D eigenvalue weighted by Gasteiger charge is 2.15. The van der Waals surface area contributed by atoms with Gasteiger partial charge < -0.3 is 10.3 Å². The molecule has 0 spiro atoms. The molecule has 0 aliphatic rings. The summed E-state index contributed by atoms with van der Waals surface area (Å²) in [5.74, 6) is 0.403. The molecule has 0 aromatic carbocycles. The summed E-state index contributed by atoms with van der Waals surface area (Å²) in [4.78, 5) is 4.16. The minimum Gasteiger partial charge on any atom is -0.329 e. The number of H-pyrrole nitrogens is 1. The van der Waals surface area contributed by atoms with Gasteiger partial charge in [0.15, 0.2) is 0 Å². The molecule has 0 fully saturated rings. The van der Waals surface area contributed by atoms with E-state index in [9.17, 15) is 0 Å². The smallest absolute Gasteiger partial charge is 0.0951 e. The second-order valence-corrected chi connectivity index (χ2v) is 4.32. The molecule has 86 valence electrons. The van der Waals surface area contributed by atoms with Gasteiger partial charge in [-0.1, -0.05) is 13.8 Å². The van der Waals surface area contributed by atoms with Crippen LogP contribution in [0.25, 0.3) is 0 Å². The SMILES string of the molecule is CC(C)C(N)c1cncn1Cc1cn[nH]c1. The van der Waals surface area contributed by atoms with Crippen LogP contribution in [0.2, 0.25) is 0 Å². The van der Waals surface area contributed by atoms with Crippen molar-refractivity contribution in [2.45, 2.75) is 26.4 Å². The second-order valence-electron chi connectivity index (χ2n) is 4.32. The highest BCUT2D eigenvalue weighted by Crippen LogP contribution is 2.18. The third kappa shape index (κ3) is 2.14. The van der Waals surface area contributed by atoms with Gasteiger partial charge in [-0.2, -0.15) is 5.10 Å². The van der Waals surface area contributed by atoms with E-state index in [1.54, 1.807) is 0 Å². The Labute approximate surface area is 94.7 Å². The molecule has 0 aliphatic carbocycles. The van der Waals surface area contributed by atoms with Crippen molar-refractivity contribution in [1.82, 2.24) is 19.7 Å². The van der Waals surface area contributed by atoms with Crippen molar-refractivity contribution in [3.63, 3.8) is 0 Å². The predicted molar refractivity (Wildman–Crippen MR) is 61.7 cm³/mol. The fraction of sp³-hybridized carbons (Fsp3) is 0.455. The molecule has 0 saturated heterocycles. The van der Waals surface area contributed by atoms with Crippen LogP contribution in [0.1, 0.15) is 31.1 Å². The van der Waals surface area contributed by atoms with Crippen LogP contribution in [-0.4, -0.2) is 19.7 Å². The van der Waals surface area contributed by atoms with Crippen LogP contribution in [0.3, 0.4) is 0 Å². The minimum absolute atomic E-state index is 0.0226. The van der Waals surface area contributed by atoms with Gasteiger partial charge in [0.05, 0.1) is 24.8 Å². The van der Waals surface area contributed by atoms with E-state index in [1.807, 2.05) is 24.9 Å². The van der Waals surface area contributed by atoms with E-state index >= 15 is 0 Å². The molecule has 5 heteroatoms. The number of hydrogen-bond donors (Lipinski definition) is 2. The monoisotopic (exact) mass is 219 g/mol. The number of hydrogen-bond acceptors (Lipinski definition) is 3. The van der Waals surface area contributed by atoms with Gasteiger partial charge >= 0.3 is 0 Å². The van der Waals surface area contributed by atoms with E-state index in [0.29, 0.717) is 5.92 Å². The lowest BCUT2D eigenvalue weighted by molar-refractivity contribution is 0.484. The zero-order valence-corrected chi connectivity index (χ0v) is 9.59. The maximum absolute atomic E-state index is 6.13. The molecule has 0 amide bonds. The van der Waals surface area contributed by atoms with E-state index in [1.165, 1.54) is 0 Å². The van der Waals surface area contributed by atoms with E-state index in [-0.39, 0.29) is 6.04 Å². The number of imidazole rings is 1. The summed E-state index contributed by atoms with van der Waals surface area (Å²) in [6.45, 7) is 4.98. The molecule has 1 atom stereocenters. The standard InChI is InChI=1S/C11H17N5/c1-8(2)11(12)10-5-13-7-16(10)6-9-3-14-15-4-9/h3-5,7-8,11H,6,12H2,1-2H3,(H,14,15). The number of aromatic amines is 1. The lowest BCUT2D eigenvalue weighted by atomic mass is 10.0. The Hall–Kier alpha value is -1.62. The summed E-state index contributed by atoms with van der Waals surface area (Å²) in [6.07, 6.45) is 7.34. The molecule has 0 saturated carbocycles. The Morgan fingerprint density at radius 3 is 2.88 bits per heavy atom. The Balaban J connectivity index is 2.19. The first-order valence-electron chi connectivity index (χ1n) is 5.41. The summed E-state index contributed by atoms with van der Waals surface area (Å²) >= 11 is 0. The van der Waals surface area contributed by atoms with Crippen LogP contribution >= 0.6 is 0 Å². The summed E-state index contributed by atoms with van der Waals surface area (Å²) in [6, 6.07) is 0.0226. The topological polar surface area (TPSA) is 72.5 Å². The number of nitrogens with one attached hydrogen (secondary N) is 1. The van der Waals surface area contributed by atoms with Crippen LogP contribution < -0.4 is 5.73 Å². The highest BCUT2D eigenvalue weighted by atomic mass is 15.1. The first-order valence-corrected chi connectivity index (χ1v) is 5.41. The highest BCUT2D eigenvalue weighted by molar-refractivity contribution is 5.10. The summed E-state index contributed by atoms with van der Waals surface area (Å²) < 4.78 is 2.06. The van der Waals surface area contributed by atoms with E-state index in [4.69, 9.17) is 5.73 Å². The zero-order chi connectivity index (χ0) is 11.5. The average molecular weight is 219 g/mol. The van der Waals surface area contributed by atoms with Crippen LogP contribution in [0.15, 0.2) is 24.9 Å². The van der Waals surface area contributed by atoms with Crippen LogP contribution in [0, 0.1) is 5.92 Å². The molecular weight excluding hydrogens is 202 g/mol. The molecular formula is C11H17N5. The van der Waals surface area contributed by atoms with Crippen LogP contribution in [0.5, 0.6) is 0 Å². The van der Waals surface area contributed by atoms with Gasteiger partial charge in [-0.3, -0.25) is 5.10 Å².